The molecule has 2 aromatic carbocycles. The first-order valence-corrected chi connectivity index (χ1v) is 8.48. The Kier molecular flexibility index (Phi) is 4.46. The molecule has 5 nitrogen and oxygen atoms in total. The van der Waals surface area contributed by atoms with Gasteiger partial charge < -0.3 is 14.8 Å². The van der Waals surface area contributed by atoms with Crippen molar-refractivity contribution in [2.24, 2.45) is 0 Å². The summed E-state index contributed by atoms with van der Waals surface area (Å²) in [5, 5.41) is 3.36. The number of nitrogens with one attached hydrogen (secondary N) is 1. The summed E-state index contributed by atoms with van der Waals surface area (Å²) in [6, 6.07) is 16.4. The first kappa shape index (κ1) is 16.4. The maximum Gasteiger partial charge on any atom is 0.269 e. The number of carbonyl (C=O) groups excluding carboxylic acids is 1. The third kappa shape index (κ3) is 3.34. The van der Waals surface area contributed by atoms with E-state index in [0.717, 1.165) is 11.1 Å². The van der Waals surface area contributed by atoms with Crippen molar-refractivity contribution in [2.45, 2.75) is 6.10 Å². The summed E-state index contributed by atoms with van der Waals surface area (Å²) in [5.41, 5.74) is 2.43. The quantitative estimate of drug-likeness (QED) is 0.755. The van der Waals surface area contributed by atoms with E-state index in [4.69, 9.17) is 21.1 Å². The van der Waals surface area contributed by atoms with Gasteiger partial charge in [-0.3, -0.25) is 9.78 Å². The number of halogens is 1. The third-order valence-electron chi connectivity index (χ3n) is 4.03. The number of hydrogen-bond acceptors (Lipinski definition) is 4. The summed E-state index contributed by atoms with van der Waals surface area (Å²) in [4.78, 5) is 16.5. The number of anilines is 1. The highest BCUT2D eigenvalue weighted by Gasteiger charge is 2.27. The molecule has 0 saturated carbocycles. The lowest BCUT2D eigenvalue weighted by molar-refractivity contribution is -0.125. The number of para-hydroxylation sites is 2. The lowest BCUT2D eigenvalue weighted by Gasteiger charge is -2.25. The number of amides is 1. The largest absolute Gasteiger partial charge is 0.485 e. The van der Waals surface area contributed by atoms with Gasteiger partial charge >= 0.3 is 0 Å². The van der Waals surface area contributed by atoms with E-state index in [0.29, 0.717) is 22.2 Å². The molecule has 1 aliphatic rings. The fourth-order valence-electron chi connectivity index (χ4n) is 2.73. The summed E-state index contributed by atoms with van der Waals surface area (Å²) in [6.45, 7) is 0.158. The van der Waals surface area contributed by atoms with Gasteiger partial charge in [0, 0.05) is 23.6 Å². The number of hydrogen-bond donors (Lipinski definition) is 1. The standard InChI is InChI=1S/C20H15ClN2O3/c21-16-11-14(5-6-15(16)13-7-9-22-10-8-13)23-20(24)19-12-25-17-3-1-2-4-18(17)26-19/h1-11,19H,12H2,(H,23,24)/t19-/m1/s1. The van der Waals surface area contributed by atoms with Gasteiger partial charge in [0.25, 0.3) is 5.91 Å². The van der Waals surface area contributed by atoms with Crippen LogP contribution < -0.4 is 14.8 Å². The van der Waals surface area contributed by atoms with E-state index in [-0.39, 0.29) is 12.5 Å². The van der Waals surface area contributed by atoms with Crippen LogP contribution in [0, 0.1) is 0 Å². The summed E-state index contributed by atoms with van der Waals surface area (Å²) in [7, 11) is 0. The van der Waals surface area contributed by atoms with Crippen molar-refractivity contribution in [1.29, 1.82) is 0 Å². The zero-order valence-corrected chi connectivity index (χ0v) is 14.4. The lowest BCUT2D eigenvalue weighted by atomic mass is 10.1. The molecule has 1 aliphatic heterocycles. The van der Waals surface area contributed by atoms with Crippen molar-refractivity contribution < 1.29 is 14.3 Å². The second-order valence-corrected chi connectivity index (χ2v) is 6.19. The van der Waals surface area contributed by atoms with E-state index in [1.54, 1.807) is 36.7 Å². The molecule has 6 heteroatoms. The number of rotatable bonds is 3. The van der Waals surface area contributed by atoms with Crippen LogP contribution in [0.2, 0.25) is 5.02 Å². The highest BCUT2D eigenvalue weighted by molar-refractivity contribution is 6.33. The summed E-state index contributed by atoms with van der Waals surface area (Å²) in [6.07, 6.45) is 2.70. The van der Waals surface area contributed by atoms with E-state index < -0.39 is 6.10 Å². The predicted octanol–water partition coefficient (Wildman–Crippen LogP) is 4.18. The summed E-state index contributed by atoms with van der Waals surface area (Å²) < 4.78 is 11.3. The molecule has 4 rings (SSSR count). The Morgan fingerprint density at radius 3 is 2.62 bits per heavy atom. The molecule has 3 aromatic rings. The molecule has 0 bridgehead atoms. The highest BCUT2D eigenvalue weighted by atomic mass is 35.5. The maximum atomic E-state index is 12.5. The van der Waals surface area contributed by atoms with Crippen LogP contribution in [-0.2, 0) is 4.79 Å². The normalized spacial score (nSPS) is 15.3. The minimum Gasteiger partial charge on any atom is -0.485 e. The molecule has 130 valence electrons. The number of benzene rings is 2. The second kappa shape index (κ2) is 7.06. The van der Waals surface area contributed by atoms with E-state index in [2.05, 4.69) is 10.3 Å². The van der Waals surface area contributed by atoms with Crippen molar-refractivity contribution in [3.8, 4) is 22.6 Å². The monoisotopic (exact) mass is 366 g/mol. The van der Waals surface area contributed by atoms with Gasteiger partial charge in [-0.05, 0) is 42.0 Å². The van der Waals surface area contributed by atoms with Gasteiger partial charge in [0.05, 0.1) is 5.02 Å². The Morgan fingerprint density at radius 2 is 1.85 bits per heavy atom. The molecule has 0 unspecified atom stereocenters. The van der Waals surface area contributed by atoms with Crippen molar-refractivity contribution >= 4 is 23.2 Å². The van der Waals surface area contributed by atoms with Crippen LogP contribution >= 0.6 is 11.6 Å². The Morgan fingerprint density at radius 1 is 1.08 bits per heavy atom. The molecule has 0 spiro atoms. The van der Waals surface area contributed by atoms with Gasteiger partial charge in [0.2, 0.25) is 6.10 Å². The van der Waals surface area contributed by atoms with Crippen molar-refractivity contribution in [1.82, 2.24) is 4.98 Å². The fraction of sp³-hybridized carbons (Fsp3) is 0.100. The van der Waals surface area contributed by atoms with Crippen LogP contribution in [0.5, 0.6) is 11.5 Å². The first-order valence-electron chi connectivity index (χ1n) is 8.10. The number of fused-ring (bicyclic) bond motifs is 1. The van der Waals surface area contributed by atoms with E-state index in [9.17, 15) is 4.79 Å². The molecule has 2 heterocycles. The Bertz CT molecular complexity index is 947. The maximum absolute atomic E-state index is 12.5. The smallest absolute Gasteiger partial charge is 0.269 e. The molecule has 26 heavy (non-hydrogen) atoms. The average molecular weight is 367 g/mol. The third-order valence-corrected chi connectivity index (χ3v) is 4.34. The van der Waals surface area contributed by atoms with Crippen molar-refractivity contribution in [3.63, 3.8) is 0 Å². The highest BCUT2D eigenvalue weighted by Crippen LogP contribution is 2.32. The zero-order valence-electron chi connectivity index (χ0n) is 13.7. The molecule has 1 atom stereocenters. The molecule has 0 aliphatic carbocycles. The van der Waals surface area contributed by atoms with Gasteiger partial charge in [0.15, 0.2) is 11.5 Å². The number of carbonyl (C=O) groups is 1. The minimum absolute atomic E-state index is 0.158. The van der Waals surface area contributed by atoms with E-state index >= 15 is 0 Å². The number of ether oxygens (including phenoxy) is 2. The van der Waals surface area contributed by atoms with Crippen LogP contribution in [0.1, 0.15) is 0 Å². The number of pyridine rings is 1. The van der Waals surface area contributed by atoms with Crippen molar-refractivity contribution in [2.75, 3.05) is 11.9 Å². The second-order valence-electron chi connectivity index (χ2n) is 5.78. The predicted molar refractivity (Wildman–Crippen MR) is 99.7 cm³/mol. The molecule has 1 amide bonds. The topological polar surface area (TPSA) is 60.5 Å². The van der Waals surface area contributed by atoms with Gasteiger partial charge in [-0.15, -0.1) is 0 Å². The fourth-order valence-corrected chi connectivity index (χ4v) is 3.02. The van der Waals surface area contributed by atoms with E-state index in [1.807, 2.05) is 30.3 Å². The average Bonchev–Trinajstić information content (AvgIpc) is 2.68. The SMILES string of the molecule is O=C(Nc1ccc(-c2ccncc2)c(Cl)c1)[C@H]1COc2ccccc2O1. The molecule has 0 saturated heterocycles. The van der Waals surface area contributed by atoms with Crippen molar-refractivity contribution in [3.05, 3.63) is 72.0 Å². The lowest BCUT2D eigenvalue weighted by Crippen LogP contribution is -2.40. The van der Waals surface area contributed by atoms with Crippen LogP contribution in [0.4, 0.5) is 5.69 Å². The molecule has 1 aromatic heterocycles. The molecular weight excluding hydrogens is 352 g/mol. The van der Waals surface area contributed by atoms with E-state index in [1.165, 1.54) is 0 Å². The zero-order chi connectivity index (χ0) is 17.9. The van der Waals surface area contributed by atoms with Gasteiger partial charge in [-0.2, -0.15) is 0 Å². The van der Waals surface area contributed by atoms with Gasteiger partial charge in [-0.25, -0.2) is 0 Å². The Balaban J connectivity index is 1.48. The molecule has 0 radical (unpaired) electrons. The van der Waals surface area contributed by atoms with Crippen LogP contribution in [-0.4, -0.2) is 23.6 Å². The number of aromatic nitrogens is 1. The number of nitrogens with zero attached hydrogens (tertiary/aromatic N) is 1. The summed E-state index contributed by atoms with van der Waals surface area (Å²) >= 11 is 6.37. The van der Waals surface area contributed by atoms with Crippen LogP contribution in [0.3, 0.4) is 0 Å². The minimum atomic E-state index is -0.719. The Labute approximate surface area is 155 Å². The molecule has 0 fully saturated rings. The first-order chi connectivity index (χ1) is 12.7. The van der Waals surface area contributed by atoms with Crippen LogP contribution in [0.25, 0.3) is 11.1 Å². The van der Waals surface area contributed by atoms with Crippen LogP contribution in [0.15, 0.2) is 67.0 Å². The molecular formula is C20H15ClN2O3. The van der Waals surface area contributed by atoms with Gasteiger partial charge in [0.1, 0.15) is 6.61 Å². The van der Waals surface area contributed by atoms with Gasteiger partial charge in [-0.1, -0.05) is 29.8 Å². The Hall–Kier alpha value is -3.05. The summed E-state index contributed by atoms with van der Waals surface area (Å²) in [5.74, 6) is 0.915. The molecule has 1 N–H and O–H groups in total.